The maximum atomic E-state index is 12.6. The van der Waals surface area contributed by atoms with Crippen molar-refractivity contribution in [2.45, 2.75) is 36.6 Å². The van der Waals surface area contributed by atoms with Gasteiger partial charge >= 0.3 is 0 Å². The molecule has 22 heavy (non-hydrogen) atoms. The van der Waals surface area contributed by atoms with E-state index in [-0.39, 0.29) is 5.91 Å². The third-order valence-electron chi connectivity index (χ3n) is 4.04. The van der Waals surface area contributed by atoms with Crippen LogP contribution < -0.4 is 0 Å². The van der Waals surface area contributed by atoms with Gasteiger partial charge in [-0.15, -0.1) is 11.3 Å². The van der Waals surface area contributed by atoms with E-state index in [9.17, 15) is 4.79 Å². The fourth-order valence-corrected chi connectivity index (χ4v) is 4.17. The van der Waals surface area contributed by atoms with Crippen molar-refractivity contribution in [1.29, 1.82) is 0 Å². The number of carbonyl (C=O) groups is 1. The molecule has 0 aliphatic carbocycles. The van der Waals surface area contributed by atoms with E-state index in [1.807, 2.05) is 28.9 Å². The minimum atomic E-state index is 0.0517. The van der Waals surface area contributed by atoms with Gasteiger partial charge in [0.15, 0.2) is 0 Å². The average molecular weight is 336 g/mol. The lowest BCUT2D eigenvalue weighted by molar-refractivity contribution is 0.0697. The number of hydrogen-bond donors (Lipinski definition) is 0. The standard InChI is InChI=1S/C15H20N4OS2/c1-3-18-8-6-16-13(18)11-5-4-7-19(9-11)14(20)12-10-22-15(17-12)21-2/h6,8,10-11H,3-5,7,9H2,1-2H3/t11-/m0/s1. The van der Waals surface area contributed by atoms with Gasteiger partial charge in [-0.1, -0.05) is 11.8 Å². The van der Waals surface area contributed by atoms with Crippen LogP contribution in [-0.4, -0.2) is 44.7 Å². The largest absolute Gasteiger partial charge is 0.337 e. The first kappa shape index (κ1) is 15.6. The van der Waals surface area contributed by atoms with Crippen LogP contribution in [0.25, 0.3) is 0 Å². The molecule has 0 aromatic carbocycles. The van der Waals surface area contributed by atoms with Crippen LogP contribution in [0.4, 0.5) is 0 Å². The maximum Gasteiger partial charge on any atom is 0.273 e. The van der Waals surface area contributed by atoms with E-state index in [4.69, 9.17) is 0 Å². The Morgan fingerprint density at radius 2 is 2.41 bits per heavy atom. The van der Waals surface area contributed by atoms with Crippen LogP contribution in [0, 0.1) is 0 Å². The molecule has 0 radical (unpaired) electrons. The Morgan fingerprint density at radius 1 is 1.55 bits per heavy atom. The van der Waals surface area contributed by atoms with Gasteiger partial charge in [0.1, 0.15) is 15.9 Å². The van der Waals surface area contributed by atoms with Gasteiger partial charge in [0.05, 0.1) is 0 Å². The zero-order valence-corrected chi connectivity index (χ0v) is 14.5. The van der Waals surface area contributed by atoms with Crippen molar-refractivity contribution < 1.29 is 4.79 Å². The maximum absolute atomic E-state index is 12.6. The molecule has 1 aliphatic heterocycles. The number of imidazole rings is 1. The molecular weight excluding hydrogens is 316 g/mol. The van der Waals surface area contributed by atoms with Crippen molar-refractivity contribution in [1.82, 2.24) is 19.4 Å². The summed E-state index contributed by atoms with van der Waals surface area (Å²) in [5.41, 5.74) is 0.578. The highest BCUT2D eigenvalue weighted by atomic mass is 32.2. The van der Waals surface area contributed by atoms with Gasteiger partial charge in [-0.05, 0) is 26.0 Å². The molecule has 0 unspecified atom stereocenters. The molecule has 0 spiro atoms. The second kappa shape index (κ2) is 6.83. The van der Waals surface area contributed by atoms with Crippen molar-refractivity contribution in [3.05, 3.63) is 29.3 Å². The summed E-state index contributed by atoms with van der Waals surface area (Å²) in [4.78, 5) is 23.5. The SMILES string of the molecule is CCn1ccnc1[C@H]1CCCN(C(=O)c2csc(SC)n2)C1. The topological polar surface area (TPSA) is 51.0 Å². The van der Waals surface area contributed by atoms with Crippen LogP contribution in [0.15, 0.2) is 22.1 Å². The molecule has 1 aliphatic rings. The first-order chi connectivity index (χ1) is 10.7. The highest BCUT2D eigenvalue weighted by Crippen LogP contribution is 2.27. The summed E-state index contributed by atoms with van der Waals surface area (Å²) in [5, 5.41) is 1.87. The number of thiazole rings is 1. The van der Waals surface area contributed by atoms with Gasteiger partial charge in [-0.25, -0.2) is 9.97 Å². The summed E-state index contributed by atoms with van der Waals surface area (Å²) in [5.74, 6) is 1.48. The Morgan fingerprint density at radius 3 is 3.14 bits per heavy atom. The molecule has 0 N–H and O–H groups in total. The third-order valence-corrected chi connectivity index (χ3v) is 5.90. The van der Waals surface area contributed by atoms with E-state index in [1.165, 1.54) is 11.3 Å². The molecule has 7 heteroatoms. The zero-order valence-electron chi connectivity index (χ0n) is 12.9. The van der Waals surface area contributed by atoms with Crippen LogP contribution in [0.5, 0.6) is 0 Å². The molecule has 1 saturated heterocycles. The van der Waals surface area contributed by atoms with Gasteiger partial charge in [0.25, 0.3) is 5.91 Å². The zero-order chi connectivity index (χ0) is 15.5. The van der Waals surface area contributed by atoms with E-state index in [2.05, 4.69) is 21.5 Å². The summed E-state index contributed by atoms with van der Waals surface area (Å²) in [6.45, 7) is 4.59. The number of aromatic nitrogens is 3. The second-order valence-corrected chi connectivity index (χ2v) is 7.28. The van der Waals surface area contributed by atoms with Crippen LogP contribution in [0.1, 0.15) is 42.0 Å². The van der Waals surface area contributed by atoms with E-state index < -0.39 is 0 Å². The Kier molecular flexibility index (Phi) is 4.83. The number of amides is 1. The van der Waals surface area contributed by atoms with E-state index in [1.54, 1.807) is 11.8 Å². The Labute approximate surface area is 138 Å². The van der Waals surface area contributed by atoms with E-state index >= 15 is 0 Å². The van der Waals surface area contributed by atoms with Crippen molar-refractivity contribution in [2.75, 3.05) is 19.3 Å². The molecular formula is C15H20N4OS2. The Hall–Kier alpha value is -1.34. The summed E-state index contributed by atoms with van der Waals surface area (Å²) in [6, 6.07) is 0. The van der Waals surface area contributed by atoms with Gasteiger partial charge in [-0.3, -0.25) is 4.79 Å². The molecule has 2 aromatic rings. The molecule has 1 amide bonds. The second-order valence-electron chi connectivity index (χ2n) is 5.36. The number of piperidine rings is 1. The number of likely N-dealkylation sites (tertiary alicyclic amines) is 1. The number of carbonyl (C=O) groups excluding carboxylic acids is 1. The monoisotopic (exact) mass is 336 g/mol. The molecule has 118 valence electrons. The molecule has 0 saturated carbocycles. The van der Waals surface area contributed by atoms with Crippen LogP contribution in [0.3, 0.4) is 0 Å². The van der Waals surface area contributed by atoms with Crippen molar-refractivity contribution >= 4 is 29.0 Å². The average Bonchev–Trinajstić information content (AvgIpc) is 3.23. The highest BCUT2D eigenvalue weighted by molar-refractivity contribution is 8.00. The Bertz CT molecular complexity index is 652. The van der Waals surface area contributed by atoms with E-state index in [0.29, 0.717) is 11.6 Å². The lowest BCUT2D eigenvalue weighted by Gasteiger charge is -2.32. The first-order valence-corrected chi connectivity index (χ1v) is 9.63. The minimum absolute atomic E-state index is 0.0517. The number of thioether (sulfide) groups is 1. The molecule has 3 heterocycles. The predicted octanol–water partition coefficient (Wildman–Crippen LogP) is 3.10. The summed E-state index contributed by atoms with van der Waals surface area (Å²) >= 11 is 3.11. The van der Waals surface area contributed by atoms with Crippen molar-refractivity contribution in [3.8, 4) is 0 Å². The number of rotatable bonds is 4. The molecule has 2 aromatic heterocycles. The number of hydrogen-bond acceptors (Lipinski definition) is 5. The van der Waals surface area contributed by atoms with Crippen LogP contribution in [-0.2, 0) is 6.54 Å². The molecule has 1 fully saturated rings. The normalized spacial score (nSPS) is 18.6. The lowest BCUT2D eigenvalue weighted by Crippen LogP contribution is -2.39. The van der Waals surface area contributed by atoms with Crippen LogP contribution >= 0.6 is 23.1 Å². The summed E-state index contributed by atoms with van der Waals surface area (Å²) in [7, 11) is 0. The summed E-state index contributed by atoms with van der Waals surface area (Å²) < 4.78 is 3.12. The first-order valence-electron chi connectivity index (χ1n) is 7.52. The molecule has 1 atom stereocenters. The van der Waals surface area contributed by atoms with Gasteiger partial charge in [-0.2, -0.15) is 0 Å². The van der Waals surface area contributed by atoms with Crippen molar-refractivity contribution in [2.24, 2.45) is 0 Å². The molecule has 5 nitrogen and oxygen atoms in total. The van der Waals surface area contributed by atoms with Gasteiger partial charge in [0.2, 0.25) is 0 Å². The van der Waals surface area contributed by atoms with E-state index in [0.717, 1.165) is 42.6 Å². The predicted molar refractivity (Wildman–Crippen MR) is 89.7 cm³/mol. The van der Waals surface area contributed by atoms with Crippen LogP contribution in [0.2, 0.25) is 0 Å². The quantitative estimate of drug-likeness (QED) is 0.805. The van der Waals surface area contributed by atoms with Gasteiger partial charge < -0.3 is 9.47 Å². The third kappa shape index (κ3) is 3.05. The lowest BCUT2D eigenvalue weighted by atomic mass is 9.97. The molecule has 0 bridgehead atoms. The minimum Gasteiger partial charge on any atom is -0.337 e. The summed E-state index contributed by atoms with van der Waals surface area (Å²) in [6.07, 6.45) is 7.96. The Balaban J connectivity index is 1.74. The highest BCUT2D eigenvalue weighted by Gasteiger charge is 2.28. The smallest absolute Gasteiger partial charge is 0.273 e. The fourth-order valence-electron chi connectivity index (χ4n) is 2.93. The number of aryl methyl sites for hydroxylation is 1. The fraction of sp³-hybridized carbons (Fsp3) is 0.533. The van der Waals surface area contributed by atoms with Gasteiger partial charge in [0, 0.05) is 43.3 Å². The molecule has 3 rings (SSSR count). The van der Waals surface area contributed by atoms with Crippen molar-refractivity contribution in [3.63, 3.8) is 0 Å². The number of nitrogens with zero attached hydrogens (tertiary/aromatic N) is 4.